The number of rotatable bonds is 4. The Morgan fingerprint density at radius 3 is 2.64 bits per heavy atom. The van der Waals surface area contributed by atoms with Gasteiger partial charge >= 0.3 is 0 Å². The lowest BCUT2D eigenvalue weighted by Crippen LogP contribution is -2.35. The quantitative estimate of drug-likeness (QED) is 0.864. The Morgan fingerprint density at radius 1 is 1.18 bits per heavy atom. The summed E-state index contributed by atoms with van der Waals surface area (Å²) in [6.45, 7) is 4.02. The van der Waals surface area contributed by atoms with Crippen molar-refractivity contribution >= 4 is 0 Å². The van der Waals surface area contributed by atoms with Gasteiger partial charge in [-0.1, -0.05) is 24.4 Å². The second-order valence-electron chi connectivity index (χ2n) is 6.15. The zero-order valence-corrected chi connectivity index (χ0v) is 13.5. The van der Waals surface area contributed by atoms with Gasteiger partial charge in [-0.15, -0.1) is 5.10 Å². The first-order valence-electron chi connectivity index (χ1n) is 8.01. The van der Waals surface area contributed by atoms with Crippen LogP contribution >= 0.6 is 0 Å². The highest BCUT2D eigenvalue weighted by Gasteiger charge is 2.26. The van der Waals surface area contributed by atoms with E-state index in [4.69, 9.17) is 4.52 Å². The third kappa shape index (κ3) is 3.16. The molecular formula is C16H23N5O. The van der Waals surface area contributed by atoms with E-state index in [0.29, 0.717) is 23.5 Å². The van der Waals surface area contributed by atoms with Crippen LogP contribution in [0.15, 0.2) is 16.7 Å². The van der Waals surface area contributed by atoms with Gasteiger partial charge in [0.2, 0.25) is 11.7 Å². The lowest BCUT2D eigenvalue weighted by atomic mass is 9.94. The Balaban J connectivity index is 1.73. The molecule has 0 aliphatic heterocycles. The van der Waals surface area contributed by atoms with E-state index in [1.165, 1.54) is 32.1 Å². The molecule has 3 rings (SSSR count). The van der Waals surface area contributed by atoms with Crippen molar-refractivity contribution in [3.63, 3.8) is 0 Å². The van der Waals surface area contributed by atoms with Gasteiger partial charge in [0.25, 0.3) is 0 Å². The number of aromatic nitrogens is 4. The summed E-state index contributed by atoms with van der Waals surface area (Å²) in [6.07, 6.45) is 6.50. The molecule has 0 amide bonds. The molecule has 1 saturated carbocycles. The molecule has 2 aromatic rings. The summed E-state index contributed by atoms with van der Waals surface area (Å²) in [4.78, 5) is 6.86. The van der Waals surface area contributed by atoms with Gasteiger partial charge in [-0.05, 0) is 45.9 Å². The van der Waals surface area contributed by atoms with E-state index in [2.05, 4.69) is 39.2 Å². The first kappa shape index (κ1) is 15.1. The van der Waals surface area contributed by atoms with Gasteiger partial charge in [-0.3, -0.25) is 4.90 Å². The number of hydrogen-bond acceptors (Lipinski definition) is 6. The molecule has 1 aliphatic carbocycles. The fourth-order valence-corrected chi connectivity index (χ4v) is 3.01. The Labute approximate surface area is 130 Å². The average molecular weight is 301 g/mol. The average Bonchev–Trinajstić information content (AvgIpc) is 3.05. The van der Waals surface area contributed by atoms with Crippen molar-refractivity contribution in [3.05, 3.63) is 23.7 Å². The van der Waals surface area contributed by atoms with Crippen molar-refractivity contribution in [2.75, 3.05) is 7.05 Å². The molecule has 0 radical (unpaired) electrons. The Morgan fingerprint density at radius 2 is 1.95 bits per heavy atom. The molecule has 0 N–H and O–H groups in total. The largest absolute Gasteiger partial charge is 0.337 e. The van der Waals surface area contributed by atoms with Crippen molar-refractivity contribution in [3.8, 4) is 11.5 Å². The van der Waals surface area contributed by atoms with Crippen LogP contribution in [0.5, 0.6) is 0 Å². The van der Waals surface area contributed by atoms with E-state index >= 15 is 0 Å². The highest BCUT2D eigenvalue weighted by molar-refractivity contribution is 5.46. The molecule has 0 aromatic carbocycles. The third-order valence-electron chi connectivity index (χ3n) is 4.59. The maximum atomic E-state index is 5.45. The molecule has 1 fully saturated rings. The second-order valence-corrected chi connectivity index (χ2v) is 6.15. The van der Waals surface area contributed by atoms with Crippen LogP contribution in [0.4, 0.5) is 0 Å². The van der Waals surface area contributed by atoms with Crippen molar-refractivity contribution in [1.29, 1.82) is 0 Å². The minimum absolute atomic E-state index is 0.114. The predicted molar refractivity (Wildman–Crippen MR) is 83.1 cm³/mol. The van der Waals surface area contributed by atoms with Crippen LogP contribution in [-0.4, -0.2) is 38.3 Å². The molecular weight excluding hydrogens is 278 g/mol. The molecule has 0 unspecified atom stereocenters. The highest BCUT2D eigenvalue weighted by Crippen LogP contribution is 2.28. The summed E-state index contributed by atoms with van der Waals surface area (Å²) in [5.41, 5.74) is 1.52. The normalized spacial score (nSPS) is 17.8. The SMILES string of the molecule is Cc1ccc(-c2noc([C@H](C)N(C)C3CCCCC3)n2)nn1. The molecule has 22 heavy (non-hydrogen) atoms. The second kappa shape index (κ2) is 6.52. The molecule has 118 valence electrons. The zero-order valence-electron chi connectivity index (χ0n) is 13.5. The maximum Gasteiger partial charge on any atom is 0.244 e. The van der Waals surface area contributed by atoms with E-state index in [1.54, 1.807) is 0 Å². The predicted octanol–water partition coefficient (Wildman–Crippen LogP) is 3.16. The molecule has 2 heterocycles. The first-order chi connectivity index (χ1) is 10.6. The summed E-state index contributed by atoms with van der Waals surface area (Å²) in [6, 6.07) is 4.49. The van der Waals surface area contributed by atoms with E-state index in [-0.39, 0.29) is 6.04 Å². The summed E-state index contributed by atoms with van der Waals surface area (Å²) >= 11 is 0. The van der Waals surface area contributed by atoms with Gasteiger partial charge in [-0.25, -0.2) is 0 Å². The van der Waals surface area contributed by atoms with Crippen LogP contribution in [0.2, 0.25) is 0 Å². The minimum Gasteiger partial charge on any atom is -0.337 e. The van der Waals surface area contributed by atoms with Gasteiger partial charge in [0.15, 0.2) is 0 Å². The van der Waals surface area contributed by atoms with E-state index in [1.807, 2.05) is 19.1 Å². The van der Waals surface area contributed by atoms with Crippen molar-refractivity contribution in [1.82, 2.24) is 25.2 Å². The molecule has 0 bridgehead atoms. The summed E-state index contributed by atoms with van der Waals surface area (Å²) in [5, 5.41) is 12.2. The highest BCUT2D eigenvalue weighted by atomic mass is 16.5. The number of hydrogen-bond donors (Lipinski definition) is 0. The summed E-state index contributed by atoms with van der Waals surface area (Å²) in [5.74, 6) is 1.15. The van der Waals surface area contributed by atoms with Crippen LogP contribution in [0.25, 0.3) is 11.5 Å². The molecule has 0 spiro atoms. The molecule has 1 atom stereocenters. The molecule has 0 saturated heterocycles. The van der Waals surface area contributed by atoms with Crippen LogP contribution in [-0.2, 0) is 0 Å². The van der Waals surface area contributed by atoms with Crippen molar-refractivity contribution in [2.45, 2.75) is 58.0 Å². The zero-order chi connectivity index (χ0) is 15.5. The summed E-state index contributed by atoms with van der Waals surface area (Å²) in [7, 11) is 2.15. The topological polar surface area (TPSA) is 67.9 Å². The van der Waals surface area contributed by atoms with E-state index in [0.717, 1.165) is 5.69 Å². The van der Waals surface area contributed by atoms with Crippen LogP contribution in [0.1, 0.15) is 56.7 Å². The molecule has 2 aromatic heterocycles. The van der Waals surface area contributed by atoms with Gasteiger partial charge in [0.1, 0.15) is 5.69 Å². The van der Waals surface area contributed by atoms with E-state index in [9.17, 15) is 0 Å². The molecule has 6 nitrogen and oxygen atoms in total. The monoisotopic (exact) mass is 301 g/mol. The Bertz CT molecular complexity index is 603. The minimum atomic E-state index is 0.114. The smallest absolute Gasteiger partial charge is 0.244 e. The Hall–Kier alpha value is -1.82. The van der Waals surface area contributed by atoms with Crippen LogP contribution < -0.4 is 0 Å². The summed E-state index contributed by atoms with van der Waals surface area (Å²) < 4.78 is 5.45. The van der Waals surface area contributed by atoms with Crippen molar-refractivity contribution < 1.29 is 4.52 Å². The fourth-order valence-electron chi connectivity index (χ4n) is 3.01. The van der Waals surface area contributed by atoms with Gasteiger partial charge in [0, 0.05) is 6.04 Å². The number of aryl methyl sites for hydroxylation is 1. The number of nitrogens with zero attached hydrogens (tertiary/aromatic N) is 5. The standard InChI is InChI=1S/C16H23N5O/c1-11-9-10-14(19-18-11)15-17-16(22-20-15)12(2)21(3)13-7-5-4-6-8-13/h9-10,12-13H,4-8H2,1-3H3/t12-/m0/s1. The fraction of sp³-hybridized carbons (Fsp3) is 0.625. The lowest BCUT2D eigenvalue weighted by molar-refractivity contribution is 0.124. The molecule has 6 heteroatoms. The first-order valence-corrected chi connectivity index (χ1v) is 8.01. The van der Waals surface area contributed by atoms with Crippen molar-refractivity contribution in [2.24, 2.45) is 0 Å². The lowest BCUT2D eigenvalue weighted by Gasteiger charge is -2.33. The maximum absolute atomic E-state index is 5.45. The van der Waals surface area contributed by atoms with Crippen LogP contribution in [0.3, 0.4) is 0 Å². The van der Waals surface area contributed by atoms with Gasteiger partial charge < -0.3 is 4.52 Å². The van der Waals surface area contributed by atoms with E-state index < -0.39 is 0 Å². The molecule has 1 aliphatic rings. The third-order valence-corrected chi connectivity index (χ3v) is 4.59. The van der Waals surface area contributed by atoms with Gasteiger partial charge in [0.05, 0.1) is 11.7 Å². The van der Waals surface area contributed by atoms with Gasteiger partial charge in [-0.2, -0.15) is 10.1 Å². The Kier molecular flexibility index (Phi) is 4.47. The van der Waals surface area contributed by atoms with Crippen LogP contribution in [0, 0.1) is 6.92 Å².